The van der Waals surface area contributed by atoms with Crippen LogP contribution in [0.25, 0.3) is 11.3 Å². The Morgan fingerprint density at radius 1 is 1.06 bits per heavy atom. The molecule has 1 saturated heterocycles. The minimum absolute atomic E-state index is 0.226. The summed E-state index contributed by atoms with van der Waals surface area (Å²) in [6.07, 6.45) is -6.47. The molecule has 0 spiro atoms. The highest BCUT2D eigenvalue weighted by Gasteiger charge is 2.41. The van der Waals surface area contributed by atoms with Crippen molar-refractivity contribution in [2.75, 3.05) is 19.6 Å². The molecule has 2 unspecified atom stereocenters. The molecule has 35 heavy (non-hydrogen) atoms. The summed E-state index contributed by atoms with van der Waals surface area (Å²) >= 11 is 5.89. The largest absolute Gasteiger partial charge is 0.416 e. The predicted octanol–water partition coefficient (Wildman–Crippen LogP) is 7.35. The molecule has 2 heterocycles. The van der Waals surface area contributed by atoms with E-state index in [1.54, 1.807) is 35.2 Å². The molecule has 1 aliphatic rings. The van der Waals surface area contributed by atoms with E-state index in [0.29, 0.717) is 35.7 Å². The maximum absolute atomic E-state index is 13.9. The van der Waals surface area contributed by atoms with Gasteiger partial charge in [0.2, 0.25) is 0 Å². The molecule has 10 heteroatoms. The number of imidazole rings is 1. The lowest BCUT2D eigenvalue weighted by Crippen LogP contribution is -2.42. The third kappa shape index (κ3) is 6.58. The number of nitrogens with zero attached hydrogens (tertiary/aromatic N) is 2. The molecule has 188 valence electrons. The summed E-state index contributed by atoms with van der Waals surface area (Å²) in [5.74, 6) is -1.68. The lowest BCUT2D eigenvalue weighted by molar-refractivity contribution is -0.180. The fourth-order valence-electron chi connectivity index (χ4n) is 4.53. The number of H-pyrrole nitrogens is 1. The maximum atomic E-state index is 13.9. The summed E-state index contributed by atoms with van der Waals surface area (Å²) in [4.78, 5) is 8.81. The zero-order valence-corrected chi connectivity index (χ0v) is 19.4. The molecule has 3 aromatic rings. The third-order valence-electron chi connectivity index (χ3n) is 6.36. The summed E-state index contributed by atoms with van der Waals surface area (Å²) in [6, 6.07) is 12.0. The summed E-state index contributed by atoms with van der Waals surface area (Å²) in [5.41, 5.74) is 1.12. The Morgan fingerprint density at radius 3 is 2.49 bits per heavy atom. The molecule has 1 fully saturated rings. The molecule has 3 nitrogen and oxygen atoms in total. The van der Waals surface area contributed by atoms with Crippen LogP contribution in [0.15, 0.2) is 54.7 Å². The van der Waals surface area contributed by atoms with E-state index >= 15 is 0 Å². The smallest absolute Gasteiger partial charge is 0.342 e. The van der Waals surface area contributed by atoms with Crippen molar-refractivity contribution in [2.24, 2.45) is 5.92 Å². The zero-order chi connectivity index (χ0) is 25.2. The highest BCUT2D eigenvalue weighted by Crippen LogP contribution is 2.35. The van der Waals surface area contributed by atoms with Crippen molar-refractivity contribution in [2.45, 2.75) is 37.5 Å². The number of aromatic nitrogens is 2. The Kier molecular flexibility index (Phi) is 7.47. The first-order valence-electron chi connectivity index (χ1n) is 11.2. The Morgan fingerprint density at radius 2 is 1.80 bits per heavy atom. The number of alkyl halides is 6. The van der Waals surface area contributed by atoms with E-state index in [-0.39, 0.29) is 31.3 Å². The van der Waals surface area contributed by atoms with E-state index in [9.17, 15) is 26.3 Å². The third-order valence-corrected chi connectivity index (χ3v) is 6.61. The number of halogens is 7. The van der Waals surface area contributed by atoms with Gasteiger partial charge in [-0.05, 0) is 54.6 Å². The van der Waals surface area contributed by atoms with Crippen LogP contribution < -0.4 is 0 Å². The molecule has 0 bridgehead atoms. The topological polar surface area (TPSA) is 31.9 Å². The van der Waals surface area contributed by atoms with E-state index in [0.717, 1.165) is 17.7 Å². The second kappa shape index (κ2) is 10.2. The van der Waals surface area contributed by atoms with Gasteiger partial charge in [-0.2, -0.15) is 26.3 Å². The first-order valence-corrected chi connectivity index (χ1v) is 11.6. The molecule has 0 aliphatic carbocycles. The second-order valence-electron chi connectivity index (χ2n) is 8.92. The lowest BCUT2D eigenvalue weighted by Gasteiger charge is -2.35. The van der Waals surface area contributed by atoms with Crippen LogP contribution in [0.2, 0.25) is 5.02 Å². The van der Waals surface area contributed by atoms with E-state index in [1.165, 1.54) is 12.3 Å². The van der Waals surface area contributed by atoms with Gasteiger partial charge in [0.15, 0.2) is 0 Å². The van der Waals surface area contributed by atoms with Crippen LogP contribution in [0, 0.1) is 5.92 Å². The van der Waals surface area contributed by atoms with Crippen LogP contribution in [0.3, 0.4) is 0 Å². The standard InChI is InChI=1S/C25H24ClF6N3/c26-21-8-6-16(7-9-21)22-13-33-23(34-22)12-20(25(30,31)32)15-35-10-2-4-18(14-35)17-3-1-5-19(11-17)24(27,28)29/h1,3,5-9,11,13,18,20H,2,4,10,12,14-15H2,(H,33,34). The van der Waals surface area contributed by atoms with Gasteiger partial charge in [0.25, 0.3) is 0 Å². The Hall–Kier alpha value is -2.52. The van der Waals surface area contributed by atoms with Gasteiger partial charge in [-0.15, -0.1) is 0 Å². The Bertz CT molecular complexity index is 1120. The van der Waals surface area contributed by atoms with Crippen LogP contribution in [-0.2, 0) is 12.6 Å². The molecule has 0 radical (unpaired) electrons. The van der Waals surface area contributed by atoms with Gasteiger partial charge in [-0.25, -0.2) is 4.98 Å². The van der Waals surface area contributed by atoms with Gasteiger partial charge in [0.05, 0.1) is 23.4 Å². The van der Waals surface area contributed by atoms with E-state index in [2.05, 4.69) is 9.97 Å². The number of likely N-dealkylation sites (tertiary alicyclic amines) is 1. The summed E-state index contributed by atoms with van der Waals surface area (Å²) in [7, 11) is 0. The van der Waals surface area contributed by atoms with Crippen molar-refractivity contribution in [3.8, 4) is 11.3 Å². The Labute approximate surface area is 204 Å². The molecule has 1 N–H and O–H groups in total. The molecule has 0 saturated carbocycles. The molecule has 1 aliphatic heterocycles. The molecule has 0 amide bonds. The highest BCUT2D eigenvalue weighted by atomic mass is 35.5. The molecule has 2 atom stereocenters. The fraction of sp³-hybridized carbons (Fsp3) is 0.400. The van der Waals surface area contributed by atoms with Gasteiger partial charge in [0.1, 0.15) is 5.82 Å². The van der Waals surface area contributed by atoms with Crippen LogP contribution in [0.1, 0.15) is 35.7 Å². The summed E-state index contributed by atoms with van der Waals surface area (Å²) in [6.45, 7) is 0.508. The molecular weight excluding hydrogens is 492 g/mol. The number of hydrogen-bond donors (Lipinski definition) is 1. The number of hydrogen-bond acceptors (Lipinski definition) is 2. The van der Waals surface area contributed by atoms with Crippen molar-refractivity contribution in [1.82, 2.24) is 14.9 Å². The van der Waals surface area contributed by atoms with E-state index in [4.69, 9.17) is 11.6 Å². The average Bonchev–Trinajstić information content (AvgIpc) is 3.27. The van der Waals surface area contributed by atoms with Gasteiger partial charge >= 0.3 is 12.4 Å². The van der Waals surface area contributed by atoms with Gasteiger partial charge < -0.3 is 9.88 Å². The molecular formula is C25H24ClF6N3. The second-order valence-corrected chi connectivity index (χ2v) is 9.35. The maximum Gasteiger partial charge on any atom is 0.416 e. The summed E-state index contributed by atoms with van der Waals surface area (Å²) < 4.78 is 81.1. The minimum atomic E-state index is -4.46. The van der Waals surface area contributed by atoms with E-state index < -0.39 is 23.8 Å². The number of aromatic amines is 1. The van der Waals surface area contributed by atoms with Crippen molar-refractivity contribution in [3.05, 3.63) is 76.7 Å². The summed E-state index contributed by atoms with van der Waals surface area (Å²) in [5, 5.41) is 0.551. The van der Waals surface area contributed by atoms with E-state index in [1.807, 2.05) is 0 Å². The van der Waals surface area contributed by atoms with Crippen molar-refractivity contribution in [3.63, 3.8) is 0 Å². The van der Waals surface area contributed by atoms with Crippen LogP contribution >= 0.6 is 11.6 Å². The van der Waals surface area contributed by atoms with Gasteiger partial charge in [-0.1, -0.05) is 41.9 Å². The normalized spacial score (nSPS) is 18.5. The number of nitrogens with one attached hydrogen (secondary N) is 1. The molecule has 4 rings (SSSR count). The van der Waals surface area contributed by atoms with Crippen molar-refractivity contribution >= 4 is 11.6 Å². The van der Waals surface area contributed by atoms with Gasteiger partial charge in [0, 0.05) is 24.5 Å². The first kappa shape index (κ1) is 25.6. The van der Waals surface area contributed by atoms with Crippen LogP contribution in [0.4, 0.5) is 26.3 Å². The Balaban J connectivity index is 1.45. The van der Waals surface area contributed by atoms with Crippen molar-refractivity contribution in [1.29, 1.82) is 0 Å². The van der Waals surface area contributed by atoms with Crippen LogP contribution in [0.5, 0.6) is 0 Å². The van der Waals surface area contributed by atoms with Gasteiger partial charge in [-0.3, -0.25) is 0 Å². The minimum Gasteiger partial charge on any atom is -0.342 e. The number of rotatable bonds is 6. The van der Waals surface area contributed by atoms with Crippen LogP contribution in [-0.4, -0.2) is 40.7 Å². The predicted molar refractivity (Wildman–Crippen MR) is 122 cm³/mol. The zero-order valence-electron chi connectivity index (χ0n) is 18.6. The molecule has 2 aromatic carbocycles. The fourth-order valence-corrected chi connectivity index (χ4v) is 4.66. The number of piperidine rings is 1. The lowest BCUT2D eigenvalue weighted by atomic mass is 9.89. The SMILES string of the molecule is FC(F)(F)c1cccc(C2CCCN(CC(Cc3ncc(-c4ccc(Cl)cc4)[nH]3)C(F)(F)F)C2)c1. The first-order chi connectivity index (χ1) is 16.5. The monoisotopic (exact) mass is 515 g/mol. The average molecular weight is 516 g/mol. The highest BCUT2D eigenvalue weighted by molar-refractivity contribution is 6.30. The molecule has 1 aromatic heterocycles. The number of benzene rings is 2. The van der Waals surface area contributed by atoms with Crippen molar-refractivity contribution < 1.29 is 26.3 Å². The quantitative estimate of drug-likeness (QED) is 0.348.